The molecule has 1 saturated heterocycles. The minimum Gasteiger partial charge on any atom is -0.444 e. The van der Waals surface area contributed by atoms with E-state index in [2.05, 4.69) is 15.6 Å². The normalized spacial score (nSPS) is 20.1. The van der Waals surface area contributed by atoms with Gasteiger partial charge in [0.15, 0.2) is 5.96 Å². The van der Waals surface area contributed by atoms with Crippen molar-refractivity contribution in [3.63, 3.8) is 0 Å². The number of carbonyl (C=O) groups excluding carboxylic acids is 1. The highest BCUT2D eigenvalue weighted by Crippen LogP contribution is 2.28. The Bertz CT molecular complexity index is 507. The summed E-state index contributed by atoms with van der Waals surface area (Å²) in [5, 5.41) is 6.72. The van der Waals surface area contributed by atoms with E-state index in [0.29, 0.717) is 5.92 Å². The molecule has 2 N–H and O–H groups in total. The van der Waals surface area contributed by atoms with E-state index >= 15 is 0 Å². The van der Waals surface area contributed by atoms with Crippen molar-refractivity contribution >= 4 is 36.0 Å². The summed E-state index contributed by atoms with van der Waals surface area (Å²) in [6, 6.07) is 0. The second-order valence-corrected chi connectivity index (χ2v) is 9.02. The van der Waals surface area contributed by atoms with Crippen molar-refractivity contribution in [2.45, 2.75) is 64.9 Å². The first-order chi connectivity index (χ1) is 13.4. The van der Waals surface area contributed by atoms with Crippen molar-refractivity contribution in [1.29, 1.82) is 0 Å². The van der Waals surface area contributed by atoms with Crippen LogP contribution >= 0.6 is 24.0 Å². The average Bonchev–Trinajstić information content (AvgIpc) is 3.46. The fourth-order valence-corrected chi connectivity index (χ4v) is 3.32. The summed E-state index contributed by atoms with van der Waals surface area (Å²) in [5.74, 6) is 2.16. The SMILES string of the molecule is CN=C(NCCCOCC1CC1)NCCC1CCCN(C(=O)OC(C)(C)C)C1.I. The lowest BCUT2D eigenvalue weighted by molar-refractivity contribution is 0.0162. The molecule has 0 aromatic heterocycles. The smallest absolute Gasteiger partial charge is 0.410 e. The molecule has 8 heteroatoms. The van der Waals surface area contributed by atoms with Crippen LogP contribution in [0.25, 0.3) is 0 Å². The lowest BCUT2D eigenvalue weighted by atomic mass is 9.95. The molecule has 1 unspecified atom stereocenters. The Hall–Kier alpha value is -0.770. The number of amides is 1. The number of piperidine rings is 1. The second-order valence-electron chi connectivity index (χ2n) is 9.02. The van der Waals surface area contributed by atoms with Crippen LogP contribution in [0, 0.1) is 11.8 Å². The number of guanidine groups is 1. The first-order valence-electron chi connectivity index (χ1n) is 10.9. The summed E-state index contributed by atoms with van der Waals surface area (Å²) in [6.45, 7) is 10.8. The molecular formula is C21H41IN4O3. The van der Waals surface area contributed by atoms with Gasteiger partial charge in [-0.1, -0.05) is 0 Å². The molecule has 29 heavy (non-hydrogen) atoms. The summed E-state index contributed by atoms with van der Waals surface area (Å²) in [6.07, 6.45) is 6.69. The Balaban J connectivity index is 0.00000420. The van der Waals surface area contributed by atoms with Gasteiger partial charge in [0.25, 0.3) is 0 Å². The number of ether oxygens (including phenoxy) is 2. The monoisotopic (exact) mass is 524 g/mol. The summed E-state index contributed by atoms with van der Waals surface area (Å²) < 4.78 is 11.2. The Morgan fingerprint density at radius 2 is 1.86 bits per heavy atom. The third kappa shape index (κ3) is 11.9. The van der Waals surface area contributed by atoms with Crippen LogP contribution < -0.4 is 10.6 Å². The third-order valence-corrected chi connectivity index (χ3v) is 5.05. The summed E-state index contributed by atoms with van der Waals surface area (Å²) in [4.78, 5) is 18.4. The number of likely N-dealkylation sites (tertiary alicyclic amines) is 1. The summed E-state index contributed by atoms with van der Waals surface area (Å²) in [5.41, 5.74) is -0.438. The highest BCUT2D eigenvalue weighted by Gasteiger charge is 2.27. The van der Waals surface area contributed by atoms with Gasteiger partial charge in [-0.25, -0.2) is 4.79 Å². The standard InChI is InChI=1S/C21H40N4O3.HI/c1-21(2,3)28-20(26)25-13-5-7-17(15-25)10-12-24-19(22-4)23-11-6-14-27-16-18-8-9-18;/h17-18H,5-16H2,1-4H3,(H2,22,23,24);1H. The highest BCUT2D eigenvalue weighted by molar-refractivity contribution is 14.0. The molecule has 1 saturated carbocycles. The zero-order chi connectivity index (χ0) is 20.4. The van der Waals surface area contributed by atoms with Crippen LogP contribution in [0.5, 0.6) is 0 Å². The van der Waals surface area contributed by atoms with Gasteiger partial charge in [0, 0.05) is 46.4 Å². The molecule has 2 aliphatic rings. The van der Waals surface area contributed by atoms with Gasteiger partial charge in [0.05, 0.1) is 0 Å². The number of aliphatic imine (C=N–C) groups is 1. The van der Waals surface area contributed by atoms with Crippen LogP contribution in [0.1, 0.15) is 59.3 Å². The van der Waals surface area contributed by atoms with Gasteiger partial charge in [-0.2, -0.15) is 0 Å². The number of nitrogens with zero attached hydrogens (tertiary/aromatic N) is 2. The Morgan fingerprint density at radius 3 is 2.52 bits per heavy atom. The summed E-state index contributed by atoms with van der Waals surface area (Å²) >= 11 is 0. The zero-order valence-electron chi connectivity index (χ0n) is 18.7. The predicted octanol–water partition coefficient (Wildman–Crippen LogP) is 3.62. The molecule has 1 aliphatic heterocycles. The second kappa shape index (κ2) is 13.5. The van der Waals surface area contributed by atoms with Crippen molar-refractivity contribution in [2.24, 2.45) is 16.8 Å². The van der Waals surface area contributed by atoms with Gasteiger partial charge < -0.3 is 25.0 Å². The quantitative estimate of drug-likeness (QED) is 0.209. The van der Waals surface area contributed by atoms with E-state index in [-0.39, 0.29) is 30.1 Å². The number of carbonyl (C=O) groups is 1. The van der Waals surface area contributed by atoms with Crippen molar-refractivity contribution in [3.05, 3.63) is 0 Å². The lowest BCUT2D eigenvalue weighted by Gasteiger charge is -2.34. The molecule has 0 aromatic carbocycles. The lowest BCUT2D eigenvalue weighted by Crippen LogP contribution is -2.44. The van der Waals surface area contributed by atoms with Gasteiger partial charge in [-0.3, -0.25) is 4.99 Å². The van der Waals surface area contributed by atoms with E-state index in [4.69, 9.17) is 9.47 Å². The average molecular weight is 524 g/mol. The van der Waals surface area contributed by atoms with Crippen LogP contribution in [0.4, 0.5) is 4.79 Å². The molecule has 2 fully saturated rings. The molecule has 1 amide bonds. The summed E-state index contributed by atoms with van der Waals surface area (Å²) in [7, 11) is 1.80. The van der Waals surface area contributed by atoms with E-state index in [1.165, 1.54) is 12.8 Å². The molecule has 0 aromatic rings. The Labute approximate surface area is 193 Å². The van der Waals surface area contributed by atoms with Crippen LogP contribution in [0.2, 0.25) is 0 Å². The fourth-order valence-electron chi connectivity index (χ4n) is 3.32. The molecule has 7 nitrogen and oxygen atoms in total. The molecule has 0 spiro atoms. The topological polar surface area (TPSA) is 75.2 Å². The predicted molar refractivity (Wildman–Crippen MR) is 128 cm³/mol. The van der Waals surface area contributed by atoms with E-state index in [9.17, 15) is 4.79 Å². The molecule has 1 heterocycles. The van der Waals surface area contributed by atoms with Crippen molar-refractivity contribution in [2.75, 3.05) is 46.4 Å². The maximum absolute atomic E-state index is 12.3. The van der Waals surface area contributed by atoms with Crippen molar-refractivity contribution in [3.8, 4) is 0 Å². The van der Waals surface area contributed by atoms with Crippen LogP contribution in [-0.2, 0) is 9.47 Å². The first kappa shape index (κ1) is 26.3. The number of hydrogen-bond donors (Lipinski definition) is 2. The maximum Gasteiger partial charge on any atom is 0.410 e. The van der Waals surface area contributed by atoms with Gasteiger partial charge >= 0.3 is 6.09 Å². The number of halogens is 1. The minimum absolute atomic E-state index is 0. The number of nitrogens with one attached hydrogen (secondary N) is 2. The highest BCUT2D eigenvalue weighted by atomic mass is 127. The van der Waals surface area contributed by atoms with Crippen molar-refractivity contribution in [1.82, 2.24) is 15.5 Å². The van der Waals surface area contributed by atoms with E-state index in [0.717, 1.165) is 77.0 Å². The molecule has 0 radical (unpaired) electrons. The van der Waals surface area contributed by atoms with Crippen molar-refractivity contribution < 1.29 is 14.3 Å². The molecule has 1 atom stereocenters. The molecular weight excluding hydrogens is 483 g/mol. The number of hydrogen-bond acceptors (Lipinski definition) is 4. The van der Waals surface area contributed by atoms with Crippen LogP contribution in [0.15, 0.2) is 4.99 Å². The largest absolute Gasteiger partial charge is 0.444 e. The fraction of sp³-hybridized carbons (Fsp3) is 0.905. The zero-order valence-corrected chi connectivity index (χ0v) is 21.0. The third-order valence-electron chi connectivity index (χ3n) is 5.05. The molecule has 0 bridgehead atoms. The molecule has 1 aliphatic carbocycles. The first-order valence-corrected chi connectivity index (χ1v) is 10.9. The van der Waals surface area contributed by atoms with Gasteiger partial charge in [0.2, 0.25) is 0 Å². The Morgan fingerprint density at radius 1 is 1.14 bits per heavy atom. The van der Waals surface area contributed by atoms with Gasteiger partial charge in [-0.15, -0.1) is 24.0 Å². The van der Waals surface area contributed by atoms with E-state index < -0.39 is 5.60 Å². The van der Waals surface area contributed by atoms with Gasteiger partial charge in [0.1, 0.15) is 5.60 Å². The molecule has 2 rings (SSSR count). The van der Waals surface area contributed by atoms with E-state index in [1.807, 2.05) is 25.7 Å². The van der Waals surface area contributed by atoms with E-state index in [1.54, 1.807) is 7.05 Å². The van der Waals surface area contributed by atoms with Gasteiger partial charge in [-0.05, 0) is 71.1 Å². The maximum atomic E-state index is 12.3. The molecule has 170 valence electrons. The van der Waals surface area contributed by atoms with Crippen LogP contribution in [-0.4, -0.2) is 69.0 Å². The minimum atomic E-state index is -0.438. The number of rotatable bonds is 9. The van der Waals surface area contributed by atoms with Crippen LogP contribution in [0.3, 0.4) is 0 Å². The Kier molecular flexibility index (Phi) is 12.2.